The topological polar surface area (TPSA) is 86.8 Å². The molecule has 198 valence electrons. The van der Waals surface area contributed by atoms with Crippen LogP contribution in [0.5, 0.6) is 0 Å². The number of nitrogens with one attached hydrogen (secondary N) is 1. The van der Waals surface area contributed by atoms with Crippen LogP contribution >= 0.6 is 0 Å². The molecule has 0 bridgehead atoms. The molecule has 2 amide bonds. The molecule has 0 aliphatic carbocycles. The maximum Gasteiger partial charge on any atom is 0.243 e. The van der Waals surface area contributed by atoms with E-state index in [1.54, 1.807) is 0 Å². The molecule has 1 N–H and O–H groups in total. The van der Waals surface area contributed by atoms with Crippen LogP contribution in [-0.4, -0.2) is 50.0 Å². The van der Waals surface area contributed by atoms with E-state index in [-0.39, 0.29) is 49.5 Å². The second-order valence-electron chi connectivity index (χ2n) is 8.79. The van der Waals surface area contributed by atoms with Crippen molar-refractivity contribution in [3.05, 3.63) is 65.7 Å². The Kier molecular flexibility index (Phi) is 10.8. The SMILES string of the molecule is CC[C@H](C(=O)N[C@@H](C)CC)N(Cc1ccccc1)C(=O)CCCN(c1ccc(F)c(F)c1)S(C)(=O)=O. The number of amides is 2. The Morgan fingerprint density at radius 1 is 1.00 bits per heavy atom. The van der Waals surface area contributed by atoms with E-state index in [0.717, 1.165) is 34.7 Å². The van der Waals surface area contributed by atoms with Crippen molar-refractivity contribution in [2.24, 2.45) is 0 Å². The Hall–Kier alpha value is -3.01. The minimum Gasteiger partial charge on any atom is -0.352 e. The van der Waals surface area contributed by atoms with Crippen molar-refractivity contribution in [3.8, 4) is 0 Å². The Bertz CT molecular complexity index is 1130. The summed E-state index contributed by atoms with van der Waals surface area (Å²) in [5.74, 6) is -2.79. The van der Waals surface area contributed by atoms with Crippen LogP contribution in [0.4, 0.5) is 14.5 Å². The fraction of sp³-hybridized carbons (Fsp3) is 0.462. The average molecular weight is 524 g/mol. The predicted molar refractivity (Wildman–Crippen MR) is 137 cm³/mol. The van der Waals surface area contributed by atoms with Gasteiger partial charge in [-0.15, -0.1) is 0 Å². The summed E-state index contributed by atoms with van der Waals surface area (Å²) in [6, 6.07) is 11.4. The normalized spacial score (nSPS) is 13.1. The van der Waals surface area contributed by atoms with Gasteiger partial charge in [0, 0.05) is 31.6 Å². The monoisotopic (exact) mass is 523 g/mol. The van der Waals surface area contributed by atoms with Gasteiger partial charge in [0.2, 0.25) is 21.8 Å². The van der Waals surface area contributed by atoms with Gasteiger partial charge in [0.05, 0.1) is 11.9 Å². The number of hydrogen-bond acceptors (Lipinski definition) is 4. The summed E-state index contributed by atoms with van der Waals surface area (Å²) in [6.07, 6.45) is 2.21. The number of benzene rings is 2. The zero-order valence-corrected chi connectivity index (χ0v) is 22.0. The molecular formula is C26H35F2N3O4S. The summed E-state index contributed by atoms with van der Waals surface area (Å²) in [5, 5.41) is 2.94. The van der Waals surface area contributed by atoms with Crippen LogP contribution < -0.4 is 9.62 Å². The molecule has 10 heteroatoms. The average Bonchev–Trinajstić information content (AvgIpc) is 2.83. The summed E-state index contributed by atoms with van der Waals surface area (Å²) in [5.41, 5.74) is 0.838. The van der Waals surface area contributed by atoms with Crippen LogP contribution in [-0.2, 0) is 26.2 Å². The summed E-state index contributed by atoms with van der Waals surface area (Å²) < 4.78 is 52.6. The van der Waals surface area contributed by atoms with Crippen LogP contribution in [0.15, 0.2) is 48.5 Å². The molecule has 0 spiro atoms. The summed E-state index contributed by atoms with van der Waals surface area (Å²) in [7, 11) is -3.81. The highest BCUT2D eigenvalue weighted by Gasteiger charge is 2.29. The third-order valence-corrected chi connectivity index (χ3v) is 7.12. The lowest BCUT2D eigenvalue weighted by molar-refractivity contribution is -0.141. The highest BCUT2D eigenvalue weighted by atomic mass is 32.2. The molecule has 0 saturated carbocycles. The van der Waals surface area contributed by atoms with E-state index in [1.165, 1.54) is 11.0 Å². The van der Waals surface area contributed by atoms with E-state index in [9.17, 15) is 26.8 Å². The lowest BCUT2D eigenvalue weighted by Crippen LogP contribution is -2.50. The third-order valence-electron chi connectivity index (χ3n) is 5.93. The van der Waals surface area contributed by atoms with Crippen molar-refractivity contribution in [2.45, 2.75) is 65.1 Å². The first-order valence-corrected chi connectivity index (χ1v) is 13.9. The van der Waals surface area contributed by atoms with Crippen molar-refractivity contribution < 1.29 is 26.8 Å². The van der Waals surface area contributed by atoms with E-state index in [0.29, 0.717) is 6.42 Å². The Balaban J connectivity index is 2.21. The molecular weight excluding hydrogens is 488 g/mol. The quantitative estimate of drug-likeness (QED) is 0.426. The Morgan fingerprint density at radius 3 is 2.22 bits per heavy atom. The minimum absolute atomic E-state index is 0.0237. The zero-order chi connectivity index (χ0) is 26.9. The fourth-order valence-corrected chi connectivity index (χ4v) is 4.74. The molecule has 2 aromatic rings. The standard InChI is InChI=1S/C26H35F2N3O4S/c1-5-19(3)29-26(33)24(6-2)30(18-20-11-8-7-9-12-20)25(32)13-10-16-31(36(4,34)35)21-14-15-22(27)23(28)17-21/h7-9,11-12,14-15,17,19,24H,5-6,10,13,16,18H2,1-4H3,(H,29,33)/t19-,24+/m0/s1. The summed E-state index contributed by atoms with van der Waals surface area (Å²) in [4.78, 5) is 27.8. The van der Waals surface area contributed by atoms with Gasteiger partial charge < -0.3 is 10.2 Å². The molecule has 0 fully saturated rings. The lowest BCUT2D eigenvalue weighted by atomic mass is 10.1. The molecule has 0 saturated heterocycles. The van der Waals surface area contributed by atoms with Crippen molar-refractivity contribution in [2.75, 3.05) is 17.1 Å². The van der Waals surface area contributed by atoms with E-state index in [4.69, 9.17) is 0 Å². The predicted octanol–water partition coefficient (Wildman–Crippen LogP) is 4.23. The third kappa shape index (κ3) is 8.29. The maximum atomic E-state index is 13.7. The maximum absolute atomic E-state index is 13.7. The Labute approximate surface area is 212 Å². The van der Waals surface area contributed by atoms with Gasteiger partial charge in [0.25, 0.3) is 0 Å². The summed E-state index contributed by atoms with van der Waals surface area (Å²) >= 11 is 0. The lowest BCUT2D eigenvalue weighted by Gasteiger charge is -2.32. The number of hydrogen-bond donors (Lipinski definition) is 1. The molecule has 0 radical (unpaired) electrons. The molecule has 0 unspecified atom stereocenters. The second kappa shape index (κ2) is 13.3. The highest BCUT2D eigenvalue weighted by Crippen LogP contribution is 2.22. The van der Waals surface area contributed by atoms with Gasteiger partial charge in [-0.3, -0.25) is 13.9 Å². The number of halogens is 2. The van der Waals surface area contributed by atoms with Crippen LogP contribution in [0, 0.1) is 11.6 Å². The number of anilines is 1. The molecule has 0 aliphatic heterocycles. The van der Waals surface area contributed by atoms with Crippen LogP contribution in [0.1, 0.15) is 52.0 Å². The molecule has 2 aromatic carbocycles. The van der Waals surface area contributed by atoms with Gasteiger partial charge in [-0.1, -0.05) is 44.2 Å². The van der Waals surface area contributed by atoms with Gasteiger partial charge in [-0.2, -0.15) is 0 Å². The minimum atomic E-state index is -3.81. The fourth-order valence-electron chi connectivity index (χ4n) is 3.78. The van der Waals surface area contributed by atoms with E-state index in [2.05, 4.69) is 5.32 Å². The van der Waals surface area contributed by atoms with Crippen molar-refractivity contribution >= 4 is 27.5 Å². The van der Waals surface area contributed by atoms with Gasteiger partial charge in [-0.25, -0.2) is 17.2 Å². The first-order valence-electron chi connectivity index (χ1n) is 12.0. The molecule has 0 aliphatic rings. The Morgan fingerprint density at radius 2 is 1.67 bits per heavy atom. The molecule has 2 rings (SSSR count). The van der Waals surface area contributed by atoms with Crippen LogP contribution in [0.2, 0.25) is 0 Å². The summed E-state index contributed by atoms with van der Waals surface area (Å²) in [6.45, 7) is 5.81. The second-order valence-corrected chi connectivity index (χ2v) is 10.7. The van der Waals surface area contributed by atoms with Crippen LogP contribution in [0.3, 0.4) is 0 Å². The first kappa shape index (κ1) is 29.2. The zero-order valence-electron chi connectivity index (χ0n) is 21.2. The van der Waals surface area contributed by atoms with E-state index >= 15 is 0 Å². The number of sulfonamides is 1. The van der Waals surface area contributed by atoms with E-state index in [1.807, 2.05) is 51.1 Å². The van der Waals surface area contributed by atoms with Crippen molar-refractivity contribution in [1.29, 1.82) is 0 Å². The smallest absolute Gasteiger partial charge is 0.243 e. The molecule has 0 aromatic heterocycles. The largest absolute Gasteiger partial charge is 0.352 e. The molecule has 2 atom stereocenters. The molecule has 0 heterocycles. The van der Waals surface area contributed by atoms with Gasteiger partial charge >= 0.3 is 0 Å². The van der Waals surface area contributed by atoms with Gasteiger partial charge in [-0.05, 0) is 43.9 Å². The first-order chi connectivity index (χ1) is 17.0. The van der Waals surface area contributed by atoms with Crippen molar-refractivity contribution in [3.63, 3.8) is 0 Å². The van der Waals surface area contributed by atoms with Crippen LogP contribution in [0.25, 0.3) is 0 Å². The van der Waals surface area contributed by atoms with Gasteiger partial charge in [0.15, 0.2) is 11.6 Å². The molecule has 36 heavy (non-hydrogen) atoms. The van der Waals surface area contributed by atoms with Gasteiger partial charge in [0.1, 0.15) is 6.04 Å². The van der Waals surface area contributed by atoms with Crippen molar-refractivity contribution in [1.82, 2.24) is 10.2 Å². The number of rotatable bonds is 13. The number of carbonyl (C=O) groups excluding carboxylic acids is 2. The highest BCUT2D eigenvalue weighted by molar-refractivity contribution is 7.92. The van der Waals surface area contributed by atoms with E-state index < -0.39 is 27.7 Å². The number of nitrogens with zero attached hydrogens (tertiary/aromatic N) is 2. The molecule has 7 nitrogen and oxygen atoms in total. The number of carbonyl (C=O) groups is 2.